The predicted octanol–water partition coefficient (Wildman–Crippen LogP) is 2.49. The normalized spacial score (nSPS) is 10.8. The van der Waals surface area contributed by atoms with Crippen molar-refractivity contribution in [3.63, 3.8) is 0 Å². The number of hydrogen-bond donors (Lipinski definition) is 3. The number of fused-ring (bicyclic) bond motifs is 1. The van der Waals surface area contributed by atoms with Crippen LogP contribution in [-0.4, -0.2) is 27.1 Å². The third-order valence-electron chi connectivity index (χ3n) is 4.19. The van der Waals surface area contributed by atoms with Crippen LogP contribution in [0.5, 0.6) is 5.75 Å². The maximum atomic E-state index is 9.76. The van der Waals surface area contributed by atoms with E-state index in [2.05, 4.69) is 9.97 Å². The summed E-state index contributed by atoms with van der Waals surface area (Å²) in [6.07, 6.45) is 0. The quantitative estimate of drug-likeness (QED) is 0.486. The first-order valence-corrected chi connectivity index (χ1v) is 8.32. The van der Waals surface area contributed by atoms with Crippen LogP contribution in [0.15, 0.2) is 72.8 Å². The summed E-state index contributed by atoms with van der Waals surface area (Å²) >= 11 is 0. The second-order valence-electron chi connectivity index (χ2n) is 6.00. The molecule has 0 unspecified atom stereocenters. The third-order valence-corrected chi connectivity index (χ3v) is 4.19. The highest BCUT2D eigenvalue weighted by Gasteiger charge is 2.19. The molecule has 0 atom stereocenters. The molecular formula is C20H17BN2O3. The minimum atomic E-state index is -1.63. The van der Waals surface area contributed by atoms with Crippen LogP contribution in [-0.2, 0) is 6.61 Å². The molecule has 0 saturated heterocycles. The van der Waals surface area contributed by atoms with E-state index in [1.807, 2.05) is 60.7 Å². The highest BCUT2D eigenvalue weighted by molar-refractivity contribution is 6.59. The van der Waals surface area contributed by atoms with Gasteiger partial charge in [-0.15, -0.1) is 0 Å². The molecule has 5 nitrogen and oxygen atoms in total. The molecule has 3 N–H and O–H groups in total. The zero-order valence-corrected chi connectivity index (χ0v) is 14.0. The lowest BCUT2D eigenvalue weighted by Crippen LogP contribution is -2.31. The van der Waals surface area contributed by atoms with Crippen LogP contribution in [0.25, 0.3) is 22.4 Å². The first-order valence-electron chi connectivity index (χ1n) is 8.32. The lowest BCUT2D eigenvalue weighted by Gasteiger charge is -2.12. The second-order valence-corrected chi connectivity index (χ2v) is 6.00. The molecule has 0 fully saturated rings. The minimum absolute atomic E-state index is 0.305. The summed E-state index contributed by atoms with van der Waals surface area (Å²) in [4.78, 5) is 7.79. The first kappa shape index (κ1) is 16.4. The Morgan fingerprint density at radius 1 is 0.923 bits per heavy atom. The molecule has 4 rings (SSSR count). The van der Waals surface area contributed by atoms with Gasteiger partial charge in [0.25, 0.3) is 0 Å². The molecule has 0 amide bonds. The summed E-state index contributed by atoms with van der Waals surface area (Å²) in [6, 6.07) is 22.7. The number of aromatic amines is 1. The summed E-state index contributed by atoms with van der Waals surface area (Å²) in [5, 5.41) is 19.5. The summed E-state index contributed by atoms with van der Waals surface area (Å²) in [7, 11) is -1.63. The van der Waals surface area contributed by atoms with Crippen molar-refractivity contribution >= 4 is 23.6 Å². The van der Waals surface area contributed by atoms with Gasteiger partial charge in [-0.3, -0.25) is 0 Å². The molecule has 1 heterocycles. The Balaban J connectivity index is 1.64. The zero-order chi connectivity index (χ0) is 17.9. The highest BCUT2D eigenvalue weighted by atomic mass is 16.5. The van der Waals surface area contributed by atoms with Gasteiger partial charge in [-0.2, -0.15) is 0 Å². The van der Waals surface area contributed by atoms with Crippen molar-refractivity contribution in [3.8, 4) is 17.1 Å². The fraction of sp³-hybridized carbons (Fsp3) is 0.0500. The van der Waals surface area contributed by atoms with Crippen LogP contribution in [0.1, 0.15) is 5.56 Å². The van der Waals surface area contributed by atoms with E-state index in [1.54, 1.807) is 12.1 Å². The average molecular weight is 344 g/mol. The molecule has 128 valence electrons. The number of aromatic nitrogens is 2. The summed E-state index contributed by atoms with van der Waals surface area (Å²) in [5.41, 5.74) is 3.86. The number of ether oxygens (including phenoxy) is 1. The molecule has 0 radical (unpaired) electrons. The Morgan fingerprint density at radius 3 is 2.46 bits per heavy atom. The molecule has 0 saturated carbocycles. The standard InChI is InChI=1S/C20H17BN2O3/c24-21(25)16-12-15(20-22-17-8-4-5-9-18(17)23-20)10-11-19(16)26-13-14-6-2-1-3-7-14/h1-12,24-25H,13H2,(H,22,23). The average Bonchev–Trinajstić information content (AvgIpc) is 3.11. The van der Waals surface area contributed by atoms with E-state index < -0.39 is 7.12 Å². The van der Waals surface area contributed by atoms with E-state index in [9.17, 15) is 10.0 Å². The van der Waals surface area contributed by atoms with E-state index in [0.717, 1.165) is 22.2 Å². The molecule has 4 aromatic rings. The number of nitrogens with one attached hydrogen (secondary N) is 1. The molecule has 0 aliphatic carbocycles. The van der Waals surface area contributed by atoms with Crippen molar-refractivity contribution in [2.24, 2.45) is 0 Å². The van der Waals surface area contributed by atoms with Crippen molar-refractivity contribution in [1.82, 2.24) is 9.97 Å². The lowest BCUT2D eigenvalue weighted by molar-refractivity contribution is 0.306. The number of hydrogen-bond acceptors (Lipinski definition) is 4. The second kappa shape index (κ2) is 7.03. The lowest BCUT2D eigenvalue weighted by atomic mass is 9.78. The van der Waals surface area contributed by atoms with Crippen molar-refractivity contribution in [2.45, 2.75) is 6.61 Å². The van der Waals surface area contributed by atoms with E-state index in [1.165, 1.54) is 0 Å². The smallest absolute Gasteiger partial charge is 0.489 e. The van der Waals surface area contributed by atoms with Gasteiger partial charge in [-0.25, -0.2) is 4.98 Å². The van der Waals surface area contributed by atoms with Crippen LogP contribution in [0.4, 0.5) is 0 Å². The minimum Gasteiger partial charge on any atom is -0.489 e. The monoisotopic (exact) mass is 344 g/mol. The molecule has 0 aliphatic heterocycles. The van der Waals surface area contributed by atoms with Crippen LogP contribution in [0.2, 0.25) is 0 Å². The fourth-order valence-electron chi connectivity index (χ4n) is 2.85. The summed E-state index contributed by atoms with van der Waals surface area (Å²) in [5.74, 6) is 1.10. The molecule has 0 bridgehead atoms. The zero-order valence-electron chi connectivity index (χ0n) is 14.0. The number of nitrogens with zero attached hydrogens (tertiary/aromatic N) is 1. The molecule has 1 aromatic heterocycles. The Kier molecular flexibility index (Phi) is 4.43. The Labute approximate surface area is 151 Å². The maximum Gasteiger partial charge on any atom is 0.492 e. The largest absolute Gasteiger partial charge is 0.492 e. The van der Waals surface area contributed by atoms with Crippen molar-refractivity contribution in [2.75, 3.05) is 0 Å². The number of rotatable bonds is 5. The van der Waals surface area contributed by atoms with Crippen LogP contribution in [0, 0.1) is 0 Å². The Morgan fingerprint density at radius 2 is 1.69 bits per heavy atom. The molecule has 3 aromatic carbocycles. The number of imidazole rings is 1. The number of para-hydroxylation sites is 2. The van der Waals surface area contributed by atoms with E-state index in [0.29, 0.717) is 23.6 Å². The van der Waals surface area contributed by atoms with Gasteiger partial charge in [0, 0.05) is 11.0 Å². The Bertz CT molecular complexity index is 999. The van der Waals surface area contributed by atoms with Crippen molar-refractivity contribution in [3.05, 3.63) is 78.4 Å². The number of benzene rings is 3. The molecular weight excluding hydrogens is 327 g/mol. The van der Waals surface area contributed by atoms with Crippen LogP contribution < -0.4 is 10.2 Å². The molecule has 0 aliphatic rings. The van der Waals surface area contributed by atoms with Gasteiger partial charge in [0.2, 0.25) is 0 Å². The highest BCUT2D eigenvalue weighted by Crippen LogP contribution is 2.22. The maximum absolute atomic E-state index is 9.76. The topological polar surface area (TPSA) is 78.4 Å². The predicted molar refractivity (Wildman–Crippen MR) is 102 cm³/mol. The van der Waals surface area contributed by atoms with Crippen LogP contribution in [0.3, 0.4) is 0 Å². The Hall–Kier alpha value is -3.09. The van der Waals surface area contributed by atoms with E-state index in [4.69, 9.17) is 4.74 Å². The van der Waals surface area contributed by atoms with Crippen molar-refractivity contribution in [1.29, 1.82) is 0 Å². The van der Waals surface area contributed by atoms with Crippen LogP contribution >= 0.6 is 0 Å². The number of H-pyrrole nitrogens is 1. The van der Waals surface area contributed by atoms with Gasteiger partial charge in [0.05, 0.1) is 11.0 Å². The van der Waals surface area contributed by atoms with Gasteiger partial charge >= 0.3 is 7.12 Å². The van der Waals surface area contributed by atoms with Gasteiger partial charge in [-0.1, -0.05) is 42.5 Å². The summed E-state index contributed by atoms with van der Waals surface area (Å²) in [6.45, 7) is 0.352. The van der Waals surface area contributed by atoms with E-state index in [-0.39, 0.29) is 0 Å². The molecule has 6 heteroatoms. The van der Waals surface area contributed by atoms with Crippen molar-refractivity contribution < 1.29 is 14.8 Å². The SMILES string of the molecule is OB(O)c1cc(-c2nc3ccccc3[nH]2)ccc1OCc1ccccc1. The molecule has 0 spiro atoms. The van der Waals surface area contributed by atoms with Gasteiger partial charge < -0.3 is 19.8 Å². The van der Waals surface area contributed by atoms with Gasteiger partial charge in [0.1, 0.15) is 18.2 Å². The van der Waals surface area contributed by atoms with Gasteiger partial charge in [-0.05, 0) is 35.9 Å². The summed E-state index contributed by atoms with van der Waals surface area (Å²) < 4.78 is 5.78. The van der Waals surface area contributed by atoms with Gasteiger partial charge in [0.15, 0.2) is 0 Å². The fourth-order valence-corrected chi connectivity index (χ4v) is 2.85. The first-order chi connectivity index (χ1) is 12.7. The third kappa shape index (κ3) is 3.33. The molecule has 26 heavy (non-hydrogen) atoms. The van der Waals surface area contributed by atoms with E-state index >= 15 is 0 Å².